The van der Waals surface area contributed by atoms with Crippen LogP contribution in [0.5, 0.6) is 0 Å². The van der Waals surface area contributed by atoms with E-state index < -0.39 is 9.84 Å². The Bertz CT molecular complexity index is 1010. The standard InChI is InChI=1S/C18H18N4O3S2/c1-22(18-21-20-17(26-18)15-8-5-10-19-12-15)16(23)9-11-27(24,25)13-14-6-3-2-4-7-14/h2-8,10,12H,9,11,13H2,1H3. The first-order chi connectivity index (χ1) is 12.9. The molecule has 140 valence electrons. The first-order valence-electron chi connectivity index (χ1n) is 8.19. The molecule has 9 heteroatoms. The fourth-order valence-electron chi connectivity index (χ4n) is 2.37. The van der Waals surface area contributed by atoms with Crippen molar-refractivity contribution in [3.8, 4) is 10.6 Å². The number of anilines is 1. The van der Waals surface area contributed by atoms with Gasteiger partial charge in [0, 0.05) is 31.4 Å². The molecular weight excluding hydrogens is 384 g/mol. The molecule has 0 N–H and O–H groups in total. The van der Waals surface area contributed by atoms with Crippen molar-refractivity contribution in [2.24, 2.45) is 0 Å². The van der Waals surface area contributed by atoms with E-state index >= 15 is 0 Å². The van der Waals surface area contributed by atoms with E-state index in [2.05, 4.69) is 15.2 Å². The average Bonchev–Trinajstić information content (AvgIpc) is 3.17. The van der Waals surface area contributed by atoms with Crippen molar-refractivity contribution in [1.82, 2.24) is 15.2 Å². The minimum Gasteiger partial charge on any atom is -0.290 e. The summed E-state index contributed by atoms with van der Waals surface area (Å²) in [5.41, 5.74) is 1.52. The van der Waals surface area contributed by atoms with Crippen LogP contribution in [-0.2, 0) is 20.4 Å². The number of aromatic nitrogens is 3. The Morgan fingerprint density at radius 2 is 1.89 bits per heavy atom. The van der Waals surface area contributed by atoms with Gasteiger partial charge >= 0.3 is 0 Å². The van der Waals surface area contributed by atoms with E-state index in [-0.39, 0.29) is 23.8 Å². The maximum absolute atomic E-state index is 12.4. The van der Waals surface area contributed by atoms with E-state index in [1.165, 1.54) is 16.2 Å². The second-order valence-corrected chi connectivity index (χ2v) is 9.05. The van der Waals surface area contributed by atoms with Crippen molar-refractivity contribution in [2.45, 2.75) is 12.2 Å². The van der Waals surface area contributed by atoms with Crippen molar-refractivity contribution >= 4 is 32.2 Å². The van der Waals surface area contributed by atoms with E-state index in [1.807, 2.05) is 12.1 Å². The molecule has 0 aliphatic carbocycles. The molecule has 0 unspecified atom stereocenters. The van der Waals surface area contributed by atoms with Gasteiger partial charge in [-0.15, -0.1) is 10.2 Å². The number of benzene rings is 1. The number of carbonyl (C=O) groups is 1. The number of hydrogen-bond donors (Lipinski definition) is 0. The molecule has 0 aliphatic rings. The Hall–Kier alpha value is -2.65. The largest absolute Gasteiger partial charge is 0.290 e. The molecule has 3 rings (SSSR count). The van der Waals surface area contributed by atoms with E-state index in [4.69, 9.17) is 0 Å². The molecule has 0 saturated carbocycles. The summed E-state index contributed by atoms with van der Waals surface area (Å²) < 4.78 is 24.5. The van der Waals surface area contributed by atoms with Crippen LogP contribution in [0.2, 0.25) is 0 Å². The van der Waals surface area contributed by atoms with Gasteiger partial charge in [-0.2, -0.15) is 0 Å². The summed E-state index contributed by atoms with van der Waals surface area (Å²) in [5.74, 6) is -0.603. The minimum absolute atomic E-state index is 0.0746. The first kappa shape index (κ1) is 19.1. The number of pyridine rings is 1. The number of nitrogens with zero attached hydrogens (tertiary/aromatic N) is 4. The van der Waals surface area contributed by atoms with Gasteiger partial charge < -0.3 is 0 Å². The quantitative estimate of drug-likeness (QED) is 0.603. The second-order valence-electron chi connectivity index (χ2n) is 5.91. The van der Waals surface area contributed by atoms with Gasteiger partial charge in [0.15, 0.2) is 14.8 Å². The predicted octanol–water partition coefficient (Wildman–Crippen LogP) is 2.57. The van der Waals surface area contributed by atoms with Gasteiger partial charge in [0.1, 0.15) is 0 Å². The molecule has 2 aromatic heterocycles. The number of amides is 1. The third-order valence-electron chi connectivity index (χ3n) is 3.84. The lowest BCUT2D eigenvalue weighted by molar-refractivity contribution is -0.117. The summed E-state index contributed by atoms with van der Waals surface area (Å²) in [6, 6.07) is 12.6. The molecule has 27 heavy (non-hydrogen) atoms. The Labute approximate surface area is 161 Å². The van der Waals surface area contributed by atoms with Crippen LogP contribution in [0.3, 0.4) is 0 Å². The lowest BCUT2D eigenvalue weighted by Gasteiger charge is -2.13. The summed E-state index contributed by atoms with van der Waals surface area (Å²) in [6.07, 6.45) is 3.23. The summed E-state index contributed by atoms with van der Waals surface area (Å²) in [4.78, 5) is 17.8. The van der Waals surface area contributed by atoms with Gasteiger partial charge in [-0.25, -0.2) is 8.42 Å². The van der Waals surface area contributed by atoms with Crippen LogP contribution in [0.25, 0.3) is 10.6 Å². The topological polar surface area (TPSA) is 93.1 Å². The smallest absolute Gasteiger partial charge is 0.229 e. The third kappa shape index (κ3) is 5.18. The van der Waals surface area contributed by atoms with Crippen molar-refractivity contribution in [3.05, 3.63) is 60.4 Å². The van der Waals surface area contributed by atoms with Crippen LogP contribution < -0.4 is 4.90 Å². The summed E-state index contributed by atoms with van der Waals surface area (Å²) in [5, 5.41) is 9.16. The van der Waals surface area contributed by atoms with Crippen molar-refractivity contribution in [1.29, 1.82) is 0 Å². The fourth-order valence-corrected chi connectivity index (χ4v) is 4.52. The SMILES string of the molecule is CN(C(=O)CCS(=O)(=O)Cc1ccccc1)c1nnc(-c2cccnc2)s1. The lowest BCUT2D eigenvalue weighted by Crippen LogP contribution is -2.28. The highest BCUT2D eigenvalue weighted by Gasteiger charge is 2.20. The van der Waals surface area contributed by atoms with Gasteiger partial charge in [-0.05, 0) is 17.7 Å². The van der Waals surface area contributed by atoms with Gasteiger partial charge in [0.05, 0.1) is 11.5 Å². The lowest BCUT2D eigenvalue weighted by atomic mass is 10.2. The number of sulfone groups is 1. The summed E-state index contributed by atoms with van der Waals surface area (Å²) >= 11 is 1.25. The van der Waals surface area contributed by atoms with Gasteiger partial charge in [0.2, 0.25) is 11.0 Å². The van der Waals surface area contributed by atoms with Crippen molar-refractivity contribution < 1.29 is 13.2 Å². The highest BCUT2D eigenvalue weighted by Crippen LogP contribution is 2.27. The Balaban J connectivity index is 1.60. The van der Waals surface area contributed by atoms with Crippen LogP contribution in [0, 0.1) is 0 Å². The highest BCUT2D eigenvalue weighted by atomic mass is 32.2. The zero-order valence-electron chi connectivity index (χ0n) is 14.6. The van der Waals surface area contributed by atoms with Gasteiger partial charge in [-0.1, -0.05) is 41.7 Å². The molecule has 0 fully saturated rings. The molecule has 1 amide bonds. The fraction of sp³-hybridized carbons (Fsp3) is 0.222. The highest BCUT2D eigenvalue weighted by molar-refractivity contribution is 7.90. The Kier molecular flexibility index (Phi) is 5.92. The Morgan fingerprint density at radius 1 is 1.11 bits per heavy atom. The second kappa shape index (κ2) is 8.36. The average molecular weight is 403 g/mol. The van der Waals surface area contributed by atoms with Crippen molar-refractivity contribution in [2.75, 3.05) is 17.7 Å². The zero-order valence-corrected chi connectivity index (χ0v) is 16.3. The monoisotopic (exact) mass is 402 g/mol. The van der Waals surface area contributed by atoms with Gasteiger partial charge in [0.25, 0.3) is 0 Å². The number of rotatable bonds is 7. The van der Waals surface area contributed by atoms with Crippen LogP contribution in [0.4, 0.5) is 5.13 Å². The molecule has 0 spiro atoms. The summed E-state index contributed by atoms with van der Waals surface area (Å²) in [7, 11) is -1.80. The normalized spacial score (nSPS) is 11.3. The van der Waals surface area contributed by atoms with Crippen LogP contribution in [0.1, 0.15) is 12.0 Å². The van der Waals surface area contributed by atoms with E-state index in [1.54, 1.807) is 49.8 Å². The maximum Gasteiger partial charge on any atom is 0.229 e. The van der Waals surface area contributed by atoms with E-state index in [0.717, 1.165) is 5.56 Å². The van der Waals surface area contributed by atoms with Crippen LogP contribution >= 0.6 is 11.3 Å². The zero-order chi connectivity index (χ0) is 19.3. The molecular formula is C18H18N4O3S2. The number of hydrogen-bond acceptors (Lipinski definition) is 7. The van der Waals surface area contributed by atoms with Gasteiger partial charge in [-0.3, -0.25) is 14.7 Å². The minimum atomic E-state index is -3.37. The number of carbonyl (C=O) groups excluding carboxylic acids is 1. The van der Waals surface area contributed by atoms with Crippen molar-refractivity contribution in [3.63, 3.8) is 0 Å². The predicted molar refractivity (Wildman–Crippen MR) is 105 cm³/mol. The molecule has 2 heterocycles. The molecule has 3 aromatic rings. The van der Waals surface area contributed by atoms with Crippen LogP contribution in [0.15, 0.2) is 54.9 Å². The molecule has 0 aliphatic heterocycles. The van der Waals surface area contributed by atoms with E-state index in [0.29, 0.717) is 15.7 Å². The van der Waals surface area contributed by atoms with Crippen LogP contribution in [-0.4, -0.2) is 42.3 Å². The van der Waals surface area contributed by atoms with E-state index in [9.17, 15) is 13.2 Å². The molecule has 1 aromatic carbocycles. The molecule has 0 atom stereocenters. The molecule has 7 nitrogen and oxygen atoms in total. The third-order valence-corrected chi connectivity index (χ3v) is 6.49. The molecule has 0 bridgehead atoms. The molecule has 0 saturated heterocycles. The molecule has 0 radical (unpaired) electrons. The first-order valence-corrected chi connectivity index (χ1v) is 10.8. The summed E-state index contributed by atoms with van der Waals surface area (Å²) in [6.45, 7) is 0. The Morgan fingerprint density at radius 3 is 2.59 bits per heavy atom. The maximum atomic E-state index is 12.4.